The number of nitrogens with zero attached hydrogens (tertiary/aromatic N) is 1. The van der Waals surface area contributed by atoms with Crippen LogP contribution in [0.25, 0.3) is 0 Å². The number of likely N-dealkylation sites (N-methyl/N-ethyl adjacent to an activating group) is 1. The third-order valence-electron chi connectivity index (χ3n) is 4.02. The smallest absolute Gasteiger partial charge is 0.340 e. The van der Waals surface area contributed by atoms with Gasteiger partial charge in [-0.2, -0.15) is 0 Å². The number of carbonyl (C=O) groups excluding carboxylic acids is 1. The second-order valence-electron chi connectivity index (χ2n) is 5.26. The molecule has 2 N–H and O–H groups in total. The second kappa shape index (κ2) is 5.71. The lowest BCUT2D eigenvalue weighted by Gasteiger charge is -2.29. The Morgan fingerprint density at radius 2 is 2.20 bits per heavy atom. The standard InChI is InChI=1S/C15H22N2O3/c1-9-7-11(8-12(14(9)16)15(18)19-4)17(3)13-5-6-20-10(13)2/h7-8,10,13H,5-6,16H2,1-4H3. The Hall–Kier alpha value is -1.75. The Bertz CT molecular complexity index is 516. The molecule has 0 saturated carbocycles. The van der Waals surface area contributed by atoms with Crippen molar-refractivity contribution in [1.29, 1.82) is 0 Å². The van der Waals surface area contributed by atoms with Crippen LogP contribution in [0.15, 0.2) is 12.1 Å². The van der Waals surface area contributed by atoms with Gasteiger partial charge in [-0.25, -0.2) is 4.79 Å². The number of anilines is 2. The highest BCUT2D eigenvalue weighted by Crippen LogP contribution is 2.29. The summed E-state index contributed by atoms with van der Waals surface area (Å²) in [6, 6.07) is 4.09. The molecule has 0 aromatic heterocycles. The molecule has 2 unspecified atom stereocenters. The van der Waals surface area contributed by atoms with Crippen LogP contribution in [0.2, 0.25) is 0 Å². The summed E-state index contributed by atoms with van der Waals surface area (Å²) in [6.07, 6.45) is 1.16. The van der Waals surface area contributed by atoms with E-state index in [0.717, 1.165) is 24.3 Å². The second-order valence-corrected chi connectivity index (χ2v) is 5.26. The molecular formula is C15H22N2O3. The van der Waals surface area contributed by atoms with Crippen molar-refractivity contribution in [3.8, 4) is 0 Å². The van der Waals surface area contributed by atoms with Gasteiger partial charge in [0.15, 0.2) is 0 Å². The monoisotopic (exact) mass is 278 g/mol. The lowest BCUT2D eigenvalue weighted by atomic mass is 10.0. The van der Waals surface area contributed by atoms with Gasteiger partial charge in [-0.1, -0.05) is 0 Å². The minimum absolute atomic E-state index is 0.180. The number of rotatable bonds is 3. The van der Waals surface area contributed by atoms with E-state index in [-0.39, 0.29) is 6.10 Å². The minimum Gasteiger partial charge on any atom is -0.465 e. The summed E-state index contributed by atoms with van der Waals surface area (Å²) in [5.41, 5.74) is 8.69. The van der Waals surface area contributed by atoms with Gasteiger partial charge in [0.25, 0.3) is 0 Å². The fraction of sp³-hybridized carbons (Fsp3) is 0.533. The summed E-state index contributed by atoms with van der Waals surface area (Å²) in [6.45, 7) is 4.74. The number of nitrogens with two attached hydrogens (primary N) is 1. The molecule has 5 heteroatoms. The molecule has 1 aliphatic heterocycles. The number of esters is 1. The Labute approximate surface area is 119 Å². The van der Waals surface area contributed by atoms with Crippen LogP contribution < -0.4 is 10.6 Å². The molecule has 0 radical (unpaired) electrons. The molecule has 1 heterocycles. The predicted molar refractivity (Wildman–Crippen MR) is 79.2 cm³/mol. The van der Waals surface area contributed by atoms with Crippen molar-refractivity contribution in [2.75, 3.05) is 31.4 Å². The maximum Gasteiger partial charge on any atom is 0.340 e. The number of hydrogen-bond donors (Lipinski definition) is 1. The number of benzene rings is 1. The Morgan fingerprint density at radius 3 is 2.75 bits per heavy atom. The summed E-state index contributed by atoms with van der Waals surface area (Å²) >= 11 is 0. The van der Waals surface area contributed by atoms with Crippen LogP contribution in [0.5, 0.6) is 0 Å². The first-order valence-electron chi connectivity index (χ1n) is 6.78. The van der Waals surface area contributed by atoms with E-state index >= 15 is 0 Å². The number of aryl methyl sites for hydroxylation is 1. The summed E-state index contributed by atoms with van der Waals surface area (Å²) in [4.78, 5) is 14.0. The molecule has 5 nitrogen and oxygen atoms in total. The van der Waals surface area contributed by atoms with Gasteiger partial charge in [0, 0.05) is 25.0 Å². The Kier molecular flexibility index (Phi) is 4.18. The fourth-order valence-electron chi connectivity index (χ4n) is 2.68. The fourth-order valence-corrected chi connectivity index (χ4v) is 2.68. The van der Waals surface area contributed by atoms with E-state index in [0.29, 0.717) is 17.3 Å². The molecule has 0 amide bonds. The van der Waals surface area contributed by atoms with Crippen molar-refractivity contribution < 1.29 is 14.3 Å². The summed E-state index contributed by atoms with van der Waals surface area (Å²) in [7, 11) is 3.38. The average Bonchev–Trinajstić information content (AvgIpc) is 2.86. The Morgan fingerprint density at radius 1 is 1.50 bits per heavy atom. The molecule has 1 saturated heterocycles. The third kappa shape index (κ3) is 2.58. The van der Waals surface area contributed by atoms with E-state index in [1.54, 1.807) is 6.07 Å². The highest BCUT2D eigenvalue weighted by molar-refractivity contribution is 5.97. The van der Waals surface area contributed by atoms with Gasteiger partial charge in [0.2, 0.25) is 0 Å². The quantitative estimate of drug-likeness (QED) is 0.676. The van der Waals surface area contributed by atoms with Gasteiger partial charge in [0.05, 0.1) is 24.8 Å². The van der Waals surface area contributed by atoms with E-state index < -0.39 is 5.97 Å². The highest BCUT2D eigenvalue weighted by Gasteiger charge is 2.29. The van der Waals surface area contributed by atoms with Gasteiger partial charge in [-0.15, -0.1) is 0 Å². The third-order valence-corrected chi connectivity index (χ3v) is 4.02. The van der Waals surface area contributed by atoms with Crippen LogP contribution in [0.1, 0.15) is 29.3 Å². The lowest BCUT2D eigenvalue weighted by molar-refractivity contribution is 0.0602. The molecule has 0 bridgehead atoms. The van der Waals surface area contributed by atoms with Crippen LogP contribution >= 0.6 is 0 Å². The molecule has 1 aromatic carbocycles. The van der Waals surface area contributed by atoms with Crippen LogP contribution in [-0.2, 0) is 9.47 Å². The van der Waals surface area contributed by atoms with Crippen molar-refractivity contribution in [3.05, 3.63) is 23.3 Å². The van der Waals surface area contributed by atoms with E-state index in [4.69, 9.17) is 15.2 Å². The molecule has 1 aromatic rings. The van der Waals surface area contributed by atoms with Crippen LogP contribution in [0.3, 0.4) is 0 Å². The SMILES string of the molecule is COC(=O)c1cc(N(C)C2CCOC2C)cc(C)c1N. The number of nitrogen functional groups attached to an aromatic ring is 1. The summed E-state index contributed by atoms with van der Waals surface area (Å²) < 4.78 is 10.4. The number of hydrogen-bond acceptors (Lipinski definition) is 5. The van der Waals surface area contributed by atoms with E-state index in [2.05, 4.69) is 11.8 Å². The first-order chi connectivity index (χ1) is 9.45. The van der Waals surface area contributed by atoms with E-state index in [1.807, 2.05) is 20.0 Å². The van der Waals surface area contributed by atoms with Crippen LogP contribution in [0, 0.1) is 6.92 Å². The molecule has 110 valence electrons. The van der Waals surface area contributed by atoms with Crippen LogP contribution in [0.4, 0.5) is 11.4 Å². The zero-order chi connectivity index (χ0) is 14.9. The maximum absolute atomic E-state index is 11.8. The minimum atomic E-state index is -0.406. The molecule has 2 atom stereocenters. The van der Waals surface area contributed by atoms with Crippen molar-refractivity contribution in [2.24, 2.45) is 0 Å². The largest absolute Gasteiger partial charge is 0.465 e. The topological polar surface area (TPSA) is 64.8 Å². The van der Waals surface area contributed by atoms with Crippen LogP contribution in [-0.4, -0.2) is 38.9 Å². The molecule has 20 heavy (non-hydrogen) atoms. The summed E-state index contributed by atoms with van der Waals surface area (Å²) in [5, 5.41) is 0. The van der Waals surface area contributed by atoms with Crippen molar-refractivity contribution in [2.45, 2.75) is 32.4 Å². The average molecular weight is 278 g/mol. The predicted octanol–water partition coefficient (Wildman–Crippen LogP) is 1.98. The molecular weight excluding hydrogens is 256 g/mol. The molecule has 1 aliphatic rings. The van der Waals surface area contributed by atoms with Gasteiger partial charge in [-0.05, 0) is 38.0 Å². The van der Waals surface area contributed by atoms with Crippen molar-refractivity contribution in [3.63, 3.8) is 0 Å². The zero-order valence-electron chi connectivity index (χ0n) is 12.5. The lowest BCUT2D eigenvalue weighted by Crippen LogP contribution is -2.36. The molecule has 0 spiro atoms. The zero-order valence-corrected chi connectivity index (χ0v) is 12.5. The van der Waals surface area contributed by atoms with Crippen molar-refractivity contribution >= 4 is 17.3 Å². The normalized spacial score (nSPS) is 21.8. The molecule has 1 fully saturated rings. The van der Waals surface area contributed by atoms with Crippen molar-refractivity contribution in [1.82, 2.24) is 0 Å². The number of ether oxygens (including phenoxy) is 2. The number of methoxy groups -OCH3 is 1. The molecule has 2 rings (SSSR count). The van der Waals surface area contributed by atoms with Gasteiger partial charge < -0.3 is 20.1 Å². The molecule has 0 aliphatic carbocycles. The first kappa shape index (κ1) is 14.7. The van der Waals surface area contributed by atoms with Gasteiger partial charge >= 0.3 is 5.97 Å². The van der Waals surface area contributed by atoms with E-state index in [9.17, 15) is 4.79 Å². The van der Waals surface area contributed by atoms with Gasteiger partial charge in [-0.3, -0.25) is 0 Å². The van der Waals surface area contributed by atoms with E-state index in [1.165, 1.54) is 7.11 Å². The summed E-state index contributed by atoms with van der Waals surface area (Å²) in [5.74, 6) is -0.406. The maximum atomic E-state index is 11.8. The first-order valence-corrected chi connectivity index (χ1v) is 6.78. The number of carbonyl (C=O) groups is 1. The van der Waals surface area contributed by atoms with Gasteiger partial charge in [0.1, 0.15) is 0 Å². The Balaban J connectivity index is 2.37. The highest BCUT2D eigenvalue weighted by atomic mass is 16.5.